The largest absolute Gasteiger partial charge is 0.497 e. The van der Waals surface area contributed by atoms with Crippen molar-refractivity contribution in [2.75, 3.05) is 7.11 Å². The van der Waals surface area contributed by atoms with Crippen LogP contribution in [0.3, 0.4) is 0 Å². The molecule has 0 unspecified atom stereocenters. The van der Waals surface area contributed by atoms with Gasteiger partial charge in [0.15, 0.2) is 0 Å². The topological polar surface area (TPSA) is 55.8 Å². The van der Waals surface area contributed by atoms with Gasteiger partial charge in [-0.25, -0.2) is 4.79 Å². The Morgan fingerprint density at radius 3 is 2.47 bits per heavy atom. The number of ether oxygens (including phenoxy) is 2. The number of hydrogen-bond acceptors (Lipinski definition) is 3. The van der Waals surface area contributed by atoms with Crippen molar-refractivity contribution in [1.29, 1.82) is 0 Å². The molecule has 1 aromatic rings. The minimum atomic E-state index is -0.984. The molecule has 0 bridgehead atoms. The van der Waals surface area contributed by atoms with Crippen LogP contribution in [-0.4, -0.2) is 24.3 Å². The summed E-state index contributed by atoms with van der Waals surface area (Å²) < 4.78 is 10.9. The van der Waals surface area contributed by atoms with Crippen molar-refractivity contribution in [1.82, 2.24) is 0 Å². The van der Waals surface area contributed by atoms with Gasteiger partial charge >= 0.3 is 5.97 Å². The van der Waals surface area contributed by atoms with Crippen molar-refractivity contribution in [3.8, 4) is 11.5 Å². The molecule has 0 aliphatic heterocycles. The van der Waals surface area contributed by atoms with Crippen LogP contribution in [-0.2, 0) is 0 Å². The second-order valence-corrected chi connectivity index (χ2v) is 4.90. The summed E-state index contributed by atoms with van der Waals surface area (Å²) in [6.45, 7) is 0. The van der Waals surface area contributed by atoms with E-state index < -0.39 is 5.97 Å². The fraction of sp³-hybridized carbons (Fsp3) is 0.533. The molecule has 1 aliphatic rings. The Labute approximate surface area is 113 Å². The number of rotatable bonds is 4. The summed E-state index contributed by atoms with van der Waals surface area (Å²) in [5, 5.41) is 9.24. The maximum absolute atomic E-state index is 11.3. The summed E-state index contributed by atoms with van der Waals surface area (Å²) in [6, 6.07) is 4.93. The zero-order valence-corrected chi connectivity index (χ0v) is 11.2. The molecule has 1 N–H and O–H groups in total. The molecule has 4 nitrogen and oxygen atoms in total. The molecule has 2 rings (SSSR count). The maximum Gasteiger partial charge on any atom is 0.339 e. The smallest absolute Gasteiger partial charge is 0.339 e. The molecule has 1 aliphatic carbocycles. The van der Waals surface area contributed by atoms with Gasteiger partial charge in [0.1, 0.15) is 17.1 Å². The molecule has 4 heteroatoms. The molecule has 104 valence electrons. The molecule has 19 heavy (non-hydrogen) atoms. The summed E-state index contributed by atoms with van der Waals surface area (Å²) >= 11 is 0. The summed E-state index contributed by atoms with van der Waals surface area (Å²) in [7, 11) is 1.52. The van der Waals surface area contributed by atoms with E-state index in [4.69, 9.17) is 9.47 Å². The van der Waals surface area contributed by atoms with E-state index in [0.29, 0.717) is 11.5 Å². The molecule has 0 amide bonds. The third-order valence-corrected chi connectivity index (χ3v) is 3.51. The van der Waals surface area contributed by atoms with Crippen molar-refractivity contribution >= 4 is 5.97 Å². The van der Waals surface area contributed by atoms with Crippen molar-refractivity contribution in [2.24, 2.45) is 0 Å². The molecule has 0 saturated heterocycles. The highest BCUT2D eigenvalue weighted by atomic mass is 16.5. The highest BCUT2D eigenvalue weighted by molar-refractivity contribution is 5.91. The molecule has 1 aromatic carbocycles. The van der Waals surface area contributed by atoms with E-state index in [0.717, 1.165) is 25.7 Å². The van der Waals surface area contributed by atoms with E-state index in [1.807, 2.05) is 0 Å². The second kappa shape index (κ2) is 6.45. The van der Waals surface area contributed by atoms with Crippen LogP contribution in [0.15, 0.2) is 18.2 Å². The Hall–Kier alpha value is -1.71. The first-order valence-corrected chi connectivity index (χ1v) is 6.78. The molecule has 0 aromatic heterocycles. The van der Waals surface area contributed by atoms with Crippen LogP contribution in [0.5, 0.6) is 11.5 Å². The van der Waals surface area contributed by atoms with E-state index in [-0.39, 0.29) is 11.7 Å². The van der Waals surface area contributed by atoms with Gasteiger partial charge in [0.25, 0.3) is 0 Å². The fourth-order valence-electron chi connectivity index (χ4n) is 2.45. The van der Waals surface area contributed by atoms with Gasteiger partial charge in [-0.3, -0.25) is 0 Å². The summed E-state index contributed by atoms with van der Waals surface area (Å²) in [5.41, 5.74) is 0.170. The Morgan fingerprint density at radius 1 is 1.21 bits per heavy atom. The molecule has 1 saturated carbocycles. The SMILES string of the molecule is COc1ccc(OC2CCCCCC2)c(C(=O)O)c1. The van der Waals surface area contributed by atoms with Gasteiger partial charge in [-0.2, -0.15) is 0 Å². The average Bonchev–Trinajstić information content (AvgIpc) is 2.67. The van der Waals surface area contributed by atoms with Crippen LogP contribution in [0, 0.1) is 0 Å². The number of hydrogen-bond donors (Lipinski definition) is 1. The summed E-state index contributed by atoms with van der Waals surface area (Å²) in [5.74, 6) is -0.00617. The van der Waals surface area contributed by atoms with Gasteiger partial charge in [-0.05, 0) is 43.9 Å². The number of carboxylic acids is 1. The predicted octanol–water partition coefficient (Wildman–Crippen LogP) is 3.50. The first kappa shape index (κ1) is 13.7. The number of aromatic carboxylic acids is 1. The summed E-state index contributed by atoms with van der Waals surface area (Å²) in [6.07, 6.45) is 6.94. The minimum absolute atomic E-state index is 0.133. The van der Waals surface area contributed by atoms with Gasteiger partial charge in [-0.1, -0.05) is 12.8 Å². The number of carbonyl (C=O) groups is 1. The van der Waals surface area contributed by atoms with E-state index in [1.165, 1.54) is 26.0 Å². The highest BCUT2D eigenvalue weighted by Gasteiger charge is 2.18. The Kier molecular flexibility index (Phi) is 4.66. The lowest BCUT2D eigenvalue weighted by Crippen LogP contribution is -2.17. The second-order valence-electron chi connectivity index (χ2n) is 4.90. The first-order valence-electron chi connectivity index (χ1n) is 6.78. The first-order chi connectivity index (χ1) is 9.20. The fourth-order valence-corrected chi connectivity index (χ4v) is 2.45. The summed E-state index contributed by atoms with van der Waals surface area (Å²) in [4.78, 5) is 11.3. The zero-order valence-electron chi connectivity index (χ0n) is 11.2. The van der Waals surface area contributed by atoms with Crippen LogP contribution < -0.4 is 9.47 Å². The van der Waals surface area contributed by atoms with Crippen molar-refractivity contribution < 1.29 is 19.4 Å². The maximum atomic E-state index is 11.3. The molecule has 0 spiro atoms. The zero-order chi connectivity index (χ0) is 13.7. The Morgan fingerprint density at radius 2 is 1.89 bits per heavy atom. The normalized spacial score (nSPS) is 16.7. The van der Waals surface area contributed by atoms with Gasteiger partial charge in [-0.15, -0.1) is 0 Å². The van der Waals surface area contributed by atoms with E-state index >= 15 is 0 Å². The van der Waals surface area contributed by atoms with Gasteiger partial charge in [0, 0.05) is 0 Å². The molecule has 1 fully saturated rings. The van der Waals surface area contributed by atoms with Crippen molar-refractivity contribution in [3.63, 3.8) is 0 Å². The lowest BCUT2D eigenvalue weighted by atomic mass is 10.1. The van der Waals surface area contributed by atoms with Crippen molar-refractivity contribution in [3.05, 3.63) is 23.8 Å². The average molecular weight is 264 g/mol. The van der Waals surface area contributed by atoms with E-state index in [9.17, 15) is 9.90 Å². The Bertz CT molecular complexity index is 434. The number of carboxylic acid groups (broad SMARTS) is 1. The highest BCUT2D eigenvalue weighted by Crippen LogP contribution is 2.28. The molecule has 0 radical (unpaired) electrons. The minimum Gasteiger partial charge on any atom is -0.497 e. The molecular weight excluding hydrogens is 244 g/mol. The van der Waals surface area contributed by atoms with Crippen LogP contribution in [0.2, 0.25) is 0 Å². The molecule has 0 atom stereocenters. The quantitative estimate of drug-likeness (QED) is 0.846. The Balaban J connectivity index is 2.16. The van der Waals surface area contributed by atoms with Crippen LogP contribution >= 0.6 is 0 Å². The monoisotopic (exact) mass is 264 g/mol. The van der Waals surface area contributed by atoms with E-state index in [2.05, 4.69) is 0 Å². The van der Waals surface area contributed by atoms with Gasteiger partial charge < -0.3 is 14.6 Å². The lowest BCUT2D eigenvalue weighted by Gasteiger charge is -2.18. The van der Waals surface area contributed by atoms with Gasteiger partial charge in [0.2, 0.25) is 0 Å². The number of methoxy groups -OCH3 is 1. The third-order valence-electron chi connectivity index (χ3n) is 3.51. The van der Waals surface area contributed by atoms with E-state index in [1.54, 1.807) is 12.1 Å². The van der Waals surface area contributed by atoms with Crippen LogP contribution in [0.1, 0.15) is 48.9 Å². The van der Waals surface area contributed by atoms with Crippen molar-refractivity contribution in [2.45, 2.75) is 44.6 Å². The number of benzene rings is 1. The molecular formula is C15H20O4. The predicted molar refractivity (Wildman–Crippen MR) is 72.1 cm³/mol. The van der Waals surface area contributed by atoms with Crippen LogP contribution in [0.25, 0.3) is 0 Å². The third kappa shape index (κ3) is 3.63. The van der Waals surface area contributed by atoms with Crippen LogP contribution in [0.4, 0.5) is 0 Å². The lowest BCUT2D eigenvalue weighted by molar-refractivity contribution is 0.0687. The standard InChI is InChI=1S/C15H20O4/c1-18-12-8-9-14(13(10-12)15(16)17)19-11-6-4-2-3-5-7-11/h8-11H,2-7H2,1H3,(H,16,17). The molecule has 0 heterocycles. The van der Waals surface area contributed by atoms with Gasteiger partial charge in [0.05, 0.1) is 13.2 Å².